The molecule has 0 aliphatic carbocycles. The molecule has 0 spiro atoms. The molecular weight excluding hydrogens is 240 g/mol. The zero-order valence-electron chi connectivity index (χ0n) is 11.8. The number of amides is 1. The van der Waals surface area contributed by atoms with Crippen molar-refractivity contribution in [1.82, 2.24) is 10.2 Å². The monoisotopic (exact) mass is 264 g/mol. The van der Waals surface area contributed by atoms with Gasteiger partial charge in [0.2, 0.25) is 5.91 Å². The molecule has 0 bridgehead atoms. The molecule has 0 fully saturated rings. The minimum absolute atomic E-state index is 0.0502. The molecule has 106 valence electrons. The summed E-state index contributed by atoms with van der Waals surface area (Å²) in [5.74, 6) is 0.0502. The number of nitrogens with zero attached hydrogens (tertiary/aromatic N) is 1. The number of hydrogen-bond donors (Lipinski definition) is 2. The molecule has 0 saturated heterocycles. The van der Waals surface area contributed by atoms with E-state index in [2.05, 4.69) is 29.3 Å². The van der Waals surface area contributed by atoms with Crippen molar-refractivity contribution in [3.63, 3.8) is 0 Å². The van der Waals surface area contributed by atoms with Crippen LogP contribution < -0.4 is 5.32 Å². The molecule has 4 heteroatoms. The van der Waals surface area contributed by atoms with Crippen molar-refractivity contribution in [1.29, 1.82) is 0 Å². The van der Waals surface area contributed by atoms with Gasteiger partial charge in [0.1, 0.15) is 0 Å². The van der Waals surface area contributed by atoms with Crippen molar-refractivity contribution in [3.8, 4) is 0 Å². The fourth-order valence-electron chi connectivity index (χ4n) is 2.01. The van der Waals surface area contributed by atoms with Crippen LogP contribution >= 0.6 is 0 Å². The average molecular weight is 264 g/mol. The van der Waals surface area contributed by atoms with Gasteiger partial charge in [-0.05, 0) is 18.9 Å². The summed E-state index contributed by atoms with van der Waals surface area (Å²) >= 11 is 0. The molecule has 2 N–H and O–H groups in total. The number of hydrogen-bond acceptors (Lipinski definition) is 3. The normalized spacial score (nSPS) is 12.4. The van der Waals surface area contributed by atoms with E-state index >= 15 is 0 Å². The molecule has 0 heterocycles. The van der Waals surface area contributed by atoms with Crippen LogP contribution in [0.5, 0.6) is 0 Å². The van der Waals surface area contributed by atoms with Crippen molar-refractivity contribution in [2.45, 2.75) is 32.4 Å². The van der Waals surface area contributed by atoms with Crippen molar-refractivity contribution >= 4 is 5.91 Å². The molecule has 1 amide bonds. The van der Waals surface area contributed by atoms with Crippen molar-refractivity contribution in [2.24, 2.45) is 0 Å². The smallest absolute Gasteiger partial charge is 0.221 e. The van der Waals surface area contributed by atoms with Gasteiger partial charge in [-0.3, -0.25) is 9.69 Å². The van der Waals surface area contributed by atoms with Crippen LogP contribution in [0, 0.1) is 0 Å². The fraction of sp³-hybridized carbons (Fsp3) is 0.533. The number of nitrogens with one attached hydrogen (secondary N) is 1. The van der Waals surface area contributed by atoms with Crippen LogP contribution in [0.4, 0.5) is 0 Å². The highest BCUT2D eigenvalue weighted by Crippen LogP contribution is 2.11. The van der Waals surface area contributed by atoms with E-state index in [-0.39, 0.29) is 18.6 Å². The Bertz CT molecular complexity index is 368. The molecule has 1 aromatic rings. The molecule has 1 atom stereocenters. The number of benzene rings is 1. The van der Waals surface area contributed by atoms with E-state index in [1.807, 2.05) is 18.2 Å². The van der Waals surface area contributed by atoms with E-state index in [0.29, 0.717) is 13.0 Å². The molecule has 1 rings (SSSR count). The van der Waals surface area contributed by atoms with Gasteiger partial charge in [-0.15, -0.1) is 0 Å². The van der Waals surface area contributed by atoms with Gasteiger partial charge in [0, 0.05) is 39.2 Å². The van der Waals surface area contributed by atoms with Crippen molar-refractivity contribution in [3.05, 3.63) is 35.9 Å². The van der Waals surface area contributed by atoms with Crippen LogP contribution in [0.1, 0.15) is 25.3 Å². The first-order valence-corrected chi connectivity index (χ1v) is 6.76. The Morgan fingerprint density at radius 1 is 1.37 bits per heavy atom. The van der Waals surface area contributed by atoms with E-state index in [1.165, 1.54) is 5.56 Å². The zero-order valence-corrected chi connectivity index (χ0v) is 11.8. The summed E-state index contributed by atoms with van der Waals surface area (Å²) in [4.78, 5) is 13.6. The second-order valence-electron chi connectivity index (χ2n) is 4.74. The van der Waals surface area contributed by atoms with Gasteiger partial charge in [-0.1, -0.05) is 30.3 Å². The van der Waals surface area contributed by atoms with Gasteiger partial charge in [0.25, 0.3) is 0 Å². The topological polar surface area (TPSA) is 52.6 Å². The first-order chi connectivity index (χ1) is 9.17. The van der Waals surface area contributed by atoms with Crippen LogP contribution in [0.25, 0.3) is 0 Å². The van der Waals surface area contributed by atoms with Crippen LogP contribution in [0.2, 0.25) is 0 Å². The number of carbonyl (C=O) groups is 1. The first kappa shape index (κ1) is 15.7. The predicted molar refractivity (Wildman–Crippen MR) is 76.7 cm³/mol. The van der Waals surface area contributed by atoms with Gasteiger partial charge in [0.05, 0.1) is 0 Å². The lowest BCUT2D eigenvalue weighted by molar-refractivity contribution is -0.121. The van der Waals surface area contributed by atoms with Crippen molar-refractivity contribution in [2.75, 3.05) is 20.2 Å². The molecule has 0 aromatic heterocycles. The standard InChI is InChI=1S/C15H24N2O2/c1-13(9-11-18)17(10-8-15(19)16-2)12-14-6-4-3-5-7-14/h3-7,13,18H,8-12H2,1-2H3,(H,16,19). The Morgan fingerprint density at radius 3 is 2.63 bits per heavy atom. The summed E-state index contributed by atoms with van der Waals surface area (Å²) in [6.07, 6.45) is 1.21. The first-order valence-electron chi connectivity index (χ1n) is 6.76. The maximum absolute atomic E-state index is 11.4. The molecule has 0 aliphatic rings. The zero-order chi connectivity index (χ0) is 14.1. The second kappa shape index (κ2) is 8.67. The molecule has 0 aliphatic heterocycles. The van der Waals surface area contributed by atoms with Crippen molar-refractivity contribution < 1.29 is 9.90 Å². The molecule has 1 unspecified atom stereocenters. The van der Waals surface area contributed by atoms with Gasteiger partial charge in [0.15, 0.2) is 0 Å². The van der Waals surface area contributed by atoms with Crippen LogP contribution in [0.3, 0.4) is 0 Å². The van der Waals surface area contributed by atoms with E-state index in [1.54, 1.807) is 7.05 Å². The molecule has 4 nitrogen and oxygen atoms in total. The summed E-state index contributed by atoms with van der Waals surface area (Å²) in [5.41, 5.74) is 1.23. The number of rotatable bonds is 8. The van der Waals surface area contributed by atoms with E-state index in [4.69, 9.17) is 5.11 Å². The summed E-state index contributed by atoms with van der Waals surface area (Å²) in [6, 6.07) is 10.5. The van der Waals surface area contributed by atoms with Gasteiger partial charge in [-0.2, -0.15) is 0 Å². The SMILES string of the molecule is CNC(=O)CCN(Cc1ccccc1)C(C)CCO. The Morgan fingerprint density at radius 2 is 2.05 bits per heavy atom. The predicted octanol–water partition coefficient (Wildman–Crippen LogP) is 1.40. The minimum Gasteiger partial charge on any atom is -0.396 e. The highest BCUT2D eigenvalue weighted by atomic mass is 16.3. The maximum Gasteiger partial charge on any atom is 0.221 e. The van der Waals surface area contributed by atoms with Crippen LogP contribution in [-0.4, -0.2) is 42.2 Å². The average Bonchev–Trinajstić information content (AvgIpc) is 2.44. The largest absolute Gasteiger partial charge is 0.396 e. The number of aliphatic hydroxyl groups excluding tert-OH is 1. The summed E-state index contributed by atoms with van der Waals surface area (Å²) in [6.45, 7) is 3.77. The number of carbonyl (C=O) groups excluding carboxylic acids is 1. The quantitative estimate of drug-likeness (QED) is 0.746. The minimum atomic E-state index is 0.0502. The van der Waals surface area contributed by atoms with Crippen LogP contribution in [-0.2, 0) is 11.3 Å². The molecular formula is C15H24N2O2. The Labute approximate surface area is 115 Å². The second-order valence-corrected chi connectivity index (χ2v) is 4.74. The molecule has 0 saturated carbocycles. The lowest BCUT2D eigenvalue weighted by Gasteiger charge is -2.28. The lowest BCUT2D eigenvalue weighted by Crippen LogP contribution is -2.36. The van der Waals surface area contributed by atoms with Crippen LogP contribution in [0.15, 0.2) is 30.3 Å². The Hall–Kier alpha value is -1.39. The summed E-state index contributed by atoms with van der Waals surface area (Å²) in [5, 5.41) is 11.7. The Kier molecular flexibility index (Phi) is 7.15. The maximum atomic E-state index is 11.4. The fourth-order valence-corrected chi connectivity index (χ4v) is 2.01. The lowest BCUT2D eigenvalue weighted by atomic mass is 10.1. The van der Waals surface area contributed by atoms with E-state index in [0.717, 1.165) is 13.0 Å². The molecule has 19 heavy (non-hydrogen) atoms. The van der Waals surface area contributed by atoms with Gasteiger partial charge < -0.3 is 10.4 Å². The third kappa shape index (κ3) is 5.85. The molecule has 1 aromatic carbocycles. The third-order valence-corrected chi connectivity index (χ3v) is 3.30. The van der Waals surface area contributed by atoms with Gasteiger partial charge in [-0.25, -0.2) is 0 Å². The van der Waals surface area contributed by atoms with E-state index in [9.17, 15) is 4.79 Å². The van der Waals surface area contributed by atoms with E-state index < -0.39 is 0 Å². The highest BCUT2D eigenvalue weighted by Gasteiger charge is 2.14. The summed E-state index contributed by atoms with van der Waals surface area (Å²) < 4.78 is 0. The number of aliphatic hydroxyl groups is 1. The van der Waals surface area contributed by atoms with Gasteiger partial charge >= 0.3 is 0 Å². The molecule has 0 radical (unpaired) electrons. The third-order valence-electron chi connectivity index (χ3n) is 3.30. The Balaban J connectivity index is 2.60. The summed E-state index contributed by atoms with van der Waals surface area (Å²) in [7, 11) is 1.65. The highest BCUT2D eigenvalue weighted by molar-refractivity contribution is 5.75.